The van der Waals surface area contributed by atoms with E-state index in [-0.39, 0.29) is 6.04 Å². The van der Waals surface area contributed by atoms with Crippen LogP contribution in [-0.4, -0.2) is 17.3 Å². The zero-order valence-electron chi connectivity index (χ0n) is 10.1. The molecule has 0 amide bonds. The summed E-state index contributed by atoms with van der Waals surface area (Å²) in [6.07, 6.45) is 3.72. The molecule has 2 aromatic rings. The lowest BCUT2D eigenvalue weighted by Gasteiger charge is -2.14. The highest BCUT2D eigenvalue weighted by Gasteiger charge is 2.06. The Morgan fingerprint density at radius 2 is 2.35 bits per heavy atom. The summed E-state index contributed by atoms with van der Waals surface area (Å²) in [4.78, 5) is 0. The van der Waals surface area contributed by atoms with Gasteiger partial charge in [0.05, 0.1) is 13.3 Å². The molecule has 1 aromatic carbocycles. The summed E-state index contributed by atoms with van der Waals surface area (Å²) < 4.78 is 5.21. The van der Waals surface area contributed by atoms with Crippen molar-refractivity contribution < 1.29 is 4.74 Å². The fourth-order valence-electron chi connectivity index (χ4n) is 1.67. The number of aromatic amines is 1. The lowest BCUT2D eigenvalue weighted by Crippen LogP contribution is -2.17. The van der Waals surface area contributed by atoms with Crippen LogP contribution >= 0.6 is 0 Å². The van der Waals surface area contributed by atoms with Crippen LogP contribution in [-0.2, 0) is 6.54 Å². The zero-order chi connectivity index (χ0) is 12.1. The second-order valence-electron chi connectivity index (χ2n) is 3.99. The average molecular weight is 231 g/mol. The van der Waals surface area contributed by atoms with Gasteiger partial charge in [-0.25, -0.2) is 0 Å². The zero-order valence-corrected chi connectivity index (χ0v) is 10.1. The SMILES string of the molecule is COc1cccc(C(C)NCc2cn[nH]c2)c1. The van der Waals surface area contributed by atoms with Gasteiger partial charge in [-0.3, -0.25) is 5.10 Å². The van der Waals surface area contributed by atoms with E-state index in [1.165, 1.54) is 5.56 Å². The third kappa shape index (κ3) is 3.07. The van der Waals surface area contributed by atoms with Crippen LogP contribution < -0.4 is 10.1 Å². The molecule has 0 fully saturated rings. The number of H-pyrrole nitrogens is 1. The van der Waals surface area contributed by atoms with Gasteiger partial charge in [-0.15, -0.1) is 0 Å². The van der Waals surface area contributed by atoms with Crippen molar-refractivity contribution in [1.29, 1.82) is 0 Å². The van der Waals surface area contributed by atoms with Gasteiger partial charge in [0, 0.05) is 24.3 Å². The van der Waals surface area contributed by atoms with E-state index < -0.39 is 0 Å². The molecule has 0 spiro atoms. The van der Waals surface area contributed by atoms with Crippen LogP contribution in [0.1, 0.15) is 24.1 Å². The first kappa shape index (κ1) is 11.7. The first-order valence-electron chi connectivity index (χ1n) is 5.64. The third-order valence-electron chi connectivity index (χ3n) is 2.76. The number of rotatable bonds is 5. The number of aromatic nitrogens is 2. The Bertz CT molecular complexity index is 453. The molecule has 0 saturated heterocycles. The fourth-order valence-corrected chi connectivity index (χ4v) is 1.67. The van der Waals surface area contributed by atoms with Crippen LogP contribution in [0.5, 0.6) is 5.75 Å². The molecule has 4 heteroatoms. The van der Waals surface area contributed by atoms with Crippen molar-refractivity contribution in [3.05, 3.63) is 47.8 Å². The van der Waals surface area contributed by atoms with Crippen molar-refractivity contribution in [2.75, 3.05) is 7.11 Å². The molecule has 90 valence electrons. The van der Waals surface area contributed by atoms with Crippen molar-refractivity contribution in [2.24, 2.45) is 0 Å². The summed E-state index contributed by atoms with van der Waals surface area (Å²) in [6.45, 7) is 2.93. The topological polar surface area (TPSA) is 49.9 Å². The van der Waals surface area contributed by atoms with Gasteiger partial charge in [0.2, 0.25) is 0 Å². The lowest BCUT2D eigenvalue weighted by atomic mass is 10.1. The maximum absolute atomic E-state index is 5.21. The standard InChI is InChI=1S/C13H17N3O/c1-10(14-7-11-8-15-16-9-11)12-4-3-5-13(6-12)17-2/h3-6,8-10,14H,7H2,1-2H3,(H,15,16). The van der Waals surface area contributed by atoms with Crippen molar-refractivity contribution in [2.45, 2.75) is 19.5 Å². The fraction of sp³-hybridized carbons (Fsp3) is 0.308. The second kappa shape index (κ2) is 5.50. The molecule has 1 unspecified atom stereocenters. The summed E-state index contributed by atoms with van der Waals surface area (Å²) in [5.74, 6) is 0.888. The number of nitrogens with zero attached hydrogens (tertiary/aromatic N) is 1. The van der Waals surface area contributed by atoms with Crippen LogP contribution in [0.2, 0.25) is 0 Å². The third-order valence-corrected chi connectivity index (χ3v) is 2.76. The van der Waals surface area contributed by atoms with Crippen molar-refractivity contribution in [3.63, 3.8) is 0 Å². The summed E-state index contributed by atoms with van der Waals surface area (Å²) in [6, 6.07) is 8.37. The highest BCUT2D eigenvalue weighted by molar-refractivity contribution is 5.30. The monoisotopic (exact) mass is 231 g/mol. The highest BCUT2D eigenvalue weighted by atomic mass is 16.5. The summed E-state index contributed by atoms with van der Waals surface area (Å²) >= 11 is 0. The van der Waals surface area contributed by atoms with Gasteiger partial charge in [-0.1, -0.05) is 12.1 Å². The highest BCUT2D eigenvalue weighted by Crippen LogP contribution is 2.18. The lowest BCUT2D eigenvalue weighted by molar-refractivity contribution is 0.413. The van der Waals surface area contributed by atoms with Crippen molar-refractivity contribution in [3.8, 4) is 5.75 Å². The quantitative estimate of drug-likeness (QED) is 0.830. The van der Waals surface area contributed by atoms with Gasteiger partial charge in [0.1, 0.15) is 5.75 Å². The molecule has 0 aliphatic carbocycles. The molecule has 17 heavy (non-hydrogen) atoms. The number of ether oxygens (including phenoxy) is 1. The summed E-state index contributed by atoms with van der Waals surface area (Å²) in [5.41, 5.74) is 2.37. The van der Waals surface area contributed by atoms with Gasteiger partial charge in [-0.05, 0) is 24.6 Å². The number of hydrogen-bond donors (Lipinski definition) is 2. The molecule has 2 N–H and O–H groups in total. The van der Waals surface area contributed by atoms with Crippen molar-refractivity contribution >= 4 is 0 Å². The molecule has 2 rings (SSSR count). The Kier molecular flexibility index (Phi) is 3.77. The molecule has 0 bridgehead atoms. The van der Waals surface area contributed by atoms with Gasteiger partial charge < -0.3 is 10.1 Å². The van der Waals surface area contributed by atoms with E-state index in [4.69, 9.17) is 4.74 Å². The van der Waals surface area contributed by atoms with E-state index in [9.17, 15) is 0 Å². The predicted octanol–water partition coefficient (Wildman–Crippen LogP) is 2.27. The van der Waals surface area contributed by atoms with Crippen LogP contribution in [0.15, 0.2) is 36.7 Å². The summed E-state index contributed by atoms with van der Waals surface area (Å²) in [5, 5.41) is 10.2. The van der Waals surface area contributed by atoms with E-state index in [2.05, 4.69) is 28.5 Å². The molecular formula is C13H17N3O. The molecule has 1 aromatic heterocycles. The second-order valence-corrected chi connectivity index (χ2v) is 3.99. The Morgan fingerprint density at radius 3 is 3.06 bits per heavy atom. The molecule has 1 atom stereocenters. The van der Waals surface area contributed by atoms with E-state index in [0.717, 1.165) is 17.9 Å². The maximum Gasteiger partial charge on any atom is 0.119 e. The van der Waals surface area contributed by atoms with Gasteiger partial charge >= 0.3 is 0 Å². The van der Waals surface area contributed by atoms with Crippen LogP contribution in [0, 0.1) is 0 Å². The number of methoxy groups -OCH3 is 1. The number of nitrogens with one attached hydrogen (secondary N) is 2. The van der Waals surface area contributed by atoms with E-state index in [0.29, 0.717) is 0 Å². The maximum atomic E-state index is 5.21. The Labute approximate surface area is 101 Å². The van der Waals surface area contributed by atoms with Gasteiger partial charge in [0.15, 0.2) is 0 Å². The predicted molar refractivity (Wildman–Crippen MR) is 66.8 cm³/mol. The Hall–Kier alpha value is -1.81. The molecule has 0 radical (unpaired) electrons. The normalized spacial score (nSPS) is 12.4. The number of benzene rings is 1. The molecule has 0 saturated carbocycles. The molecule has 0 aliphatic heterocycles. The Morgan fingerprint density at radius 1 is 1.47 bits per heavy atom. The van der Waals surface area contributed by atoms with Crippen LogP contribution in [0.3, 0.4) is 0 Å². The molecular weight excluding hydrogens is 214 g/mol. The van der Waals surface area contributed by atoms with Gasteiger partial charge in [-0.2, -0.15) is 5.10 Å². The molecule has 0 aliphatic rings. The summed E-state index contributed by atoms with van der Waals surface area (Å²) in [7, 11) is 1.68. The van der Waals surface area contributed by atoms with E-state index >= 15 is 0 Å². The average Bonchev–Trinajstić information content (AvgIpc) is 2.89. The minimum Gasteiger partial charge on any atom is -0.497 e. The number of hydrogen-bond acceptors (Lipinski definition) is 3. The first-order valence-corrected chi connectivity index (χ1v) is 5.64. The minimum atomic E-state index is 0.278. The van der Waals surface area contributed by atoms with Crippen molar-refractivity contribution in [1.82, 2.24) is 15.5 Å². The van der Waals surface area contributed by atoms with Crippen LogP contribution in [0.4, 0.5) is 0 Å². The first-order chi connectivity index (χ1) is 8.29. The molecule has 4 nitrogen and oxygen atoms in total. The largest absolute Gasteiger partial charge is 0.497 e. The van der Waals surface area contributed by atoms with E-state index in [1.807, 2.05) is 30.6 Å². The Balaban J connectivity index is 1.96. The molecule has 1 heterocycles. The van der Waals surface area contributed by atoms with Crippen LogP contribution in [0.25, 0.3) is 0 Å². The van der Waals surface area contributed by atoms with Gasteiger partial charge in [0.25, 0.3) is 0 Å². The van der Waals surface area contributed by atoms with E-state index in [1.54, 1.807) is 7.11 Å². The minimum absolute atomic E-state index is 0.278. The smallest absolute Gasteiger partial charge is 0.119 e.